The van der Waals surface area contributed by atoms with E-state index in [2.05, 4.69) is 5.32 Å². The van der Waals surface area contributed by atoms with Crippen LogP contribution in [0, 0.1) is 0 Å². The molecular weight excluding hydrogens is 431 g/mol. The summed E-state index contributed by atoms with van der Waals surface area (Å²) in [5.74, 6) is -0.178. The van der Waals surface area contributed by atoms with Gasteiger partial charge in [-0.1, -0.05) is 78.9 Å². The van der Waals surface area contributed by atoms with E-state index in [9.17, 15) is 9.59 Å². The number of amides is 2. The zero-order valence-corrected chi connectivity index (χ0v) is 19.5. The first kappa shape index (κ1) is 23.6. The van der Waals surface area contributed by atoms with Gasteiger partial charge in [-0.2, -0.15) is 0 Å². The van der Waals surface area contributed by atoms with E-state index < -0.39 is 6.04 Å². The largest absolute Gasteiger partial charge is 0.352 e. The number of nitrogens with zero attached hydrogens (tertiary/aromatic N) is 1. The lowest BCUT2D eigenvalue weighted by Gasteiger charge is -2.31. The van der Waals surface area contributed by atoms with Crippen molar-refractivity contribution in [3.63, 3.8) is 0 Å². The van der Waals surface area contributed by atoms with Crippen LogP contribution in [0.3, 0.4) is 0 Å². The first-order chi connectivity index (χ1) is 14.9. The summed E-state index contributed by atoms with van der Waals surface area (Å²) in [6, 6.07) is 14.9. The highest BCUT2D eigenvalue weighted by atomic mass is 35.5. The summed E-state index contributed by atoms with van der Waals surface area (Å²) >= 11 is 12.1. The van der Waals surface area contributed by atoms with Crippen molar-refractivity contribution in [1.29, 1.82) is 0 Å². The minimum Gasteiger partial charge on any atom is -0.352 e. The second-order valence-electron chi connectivity index (χ2n) is 8.27. The third-order valence-electron chi connectivity index (χ3n) is 5.94. The van der Waals surface area contributed by atoms with E-state index in [1.165, 1.54) is 6.42 Å². The van der Waals surface area contributed by atoms with E-state index >= 15 is 0 Å². The Bertz CT molecular complexity index is 882. The third-order valence-corrected chi connectivity index (χ3v) is 6.68. The molecule has 0 aromatic heterocycles. The van der Waals surface area contributed by atoms with Crippen LogP contribution in [0.1, 0.15) is 50.2 Å². The predicted octanol–water partition coefficient (Wildman–Crippen LogP) is 5.44. The van der Waals surface area contributed by atoms with Crippen LogP contribution in [0.2, 0.25) is 10.0 Å². The Morgan fingerprint density at radius 2 is 1.71 bits per heavy atom. The molecule has 1 fully saturated rings. The van der Waals surface area contributed by atoms with Crippen LogP contribution in [0.25, 0.3) is 0 Å². The minimum absolute atomic E-state index is 0.0811. The van der Waals surface area contributed by atoms with Gasteiger partial charge < -0.3 is 10.2 Å². The number of nitrogens with one attached hydrogen (secondary N) is 1. The minimum atomic E-state index is -0.541. The lowest BCUT2D eigenvalue weighted by molar-refractivity contribution is -0.139. The van der Waals surface area contributed by atoms with Gasteiger partial charge in [0, 0.05) is 12.6 Å². The lowest BCUT2D eigenvalue weighted by Crippen LogP contribution is -2.51. The van der Waals surface area contributed by atoms with Crippen LogP contribution < -0.4 is 5.32 Å². The number of benzene rings is 2. The summed E-state index contributed by atoms with van der Waals surface area (Å²) in [5, 5.41) is 4.04. The summed E-state index contributed by atoms with van der Waals surface area (Å²) in [7, 11) is 0. The monoisotopic (exact) mass is 460 g/mol. The molecule has 166 valence electrons. The molecule has 2 aromatic rings. The lowest BCUT2D eigenvalue weighted by atomic mass is 9.95. The average molecular weight is 461 g/mol. The van der Waals surface area contributed by atoms with Crippen molar-refractivity contribution in [2.24, 2.45) is 0 Å². The van der Waals surface area contributed by atoms with Crippen molar-refractivity contribution in [3.05, 3.63) is 69.7 Å². The van der Waals surface area contributed by atoms with Crippen LogP contribution in [-0.4, -0.2) is 35.3 Å². The fraction of sp³-hybridized carbons (Fsp3) is 0.440. The molecule has 0 saturated heterocycles. The van der Waals surface area contributed by atoms with Crippen LogP contribution in [0.5, 0.6) is 0 Å². The molecule has 1 N–H and O–H groups in total. The molecule has 0 heterocycles. The standard InChI is InChI=1S/C25H30Cl2N2O2/c1-18(25(31)28-21-10-6-3-7-11-21)29(15-14-19-8-4-2-5-9-19)24(30)17-20-12-13-22(26)23(27)16-20/h2,4-5,8-9,12-13,16,18,21H,3,6-7,10-11,14-15,17H2,1H3,(H,28,31). The van der Waals surface area contributed by atoms with Gasteiger partial charge >= 0.3 is 0 Å². The first-order valence-corrected chi connectivity index (χ1v) is 11.8. The van der Waals surface area contributed by atoms with Gasteiger partial charge in [0.25, 0.3) is 0 Å². The maximum atomic E-state index is 13.2. The zero-order chi connectivity index (χ0) is 22.2. The van der Waals surface area contributed by atoms with E-state index in [-0.39, 0.29) is 24.3 Å². The second kappa shape index (κ2) is 11.5. The topological polar surface area (TPSA) is 49.4 Å². The van der Waals surface area contributed by atoms with Crippen molar-refractivity contribution in [1.82, 2.24) is 10.2 Å². The molecule has 2 amide bonds. The highest BCUT2D eigenvalue weighted by Gasteiger charge is 2.27. The average Bonchev–Trinajstić information content (AvgIpc) is 2.77. The van der Waals surface area contributed by atoms with Gasteiger partial charge in [-0.25, -0.2) is 0 Å². The molecule has 1 unspecified atom stereocenters. The Kier molecular flexibility index (Phi) is 8.79. The van der Waals surface area contributed by atoms with Gasteiger partial charge in [0.1, 0.15) is 6.04 Å². The van der Waals surface area contributed by atoms with Crippen LogP contribution in [-0.2, 0) is 22.4 Å². The Hall–Kier alpha value is -2.04. The highest BCUT2D eigenvalue weighted by Crippen LogP contribution is 2.23. The summed E-state index contributed by atoms with van der Waals surface area (Å²) in [4.78, 5) is 27.9. The normalized spacial score (nSPS) is 15.3. The number of hydrogen-bond donors (Lipinski definition) is 1. The number of hydrogen-bond acceptors (Lipinski definition) is 2. The van der Waals surface area contributed by atoms with Crippen molar-refractivity contribution < 1.29 is 9.59 Å². The molecule has 1 atom stereocenters. The second-order valence-corrected chi connectivity index (χ2v) is 9.08. The maximum absolute atomic E-state index is 13.2. The number of rotatable bonds is 8. The number of carbonyl (C=O) groups excluding carboxylic acids is 2. The molecule has 3 rings (SSSR count). The molecule has 4 nitrogen and oxygen atoms in total. The molecule has 2 aromatic carbocycles. The molecule has 0 radical (unpaired) electrons. The Labute approximate surface area is 194 Å². The van der Waals surface area contributed by atoms with E-state index in [1.54, 1.807) is 23.1 Å². The van der Waals surface area contributed by atoms with Crippen molar-refractivity contribution in [2.75, 3.05) is 6.54 Å². The van der Waals surface area contributed by atoms with Crippen LogP contribution in [0.15, 0.2) is 48.5 Å². The van der Waals surface area contributed by atoms with Crippen molar-refractivity contribution >= 4 is 35.0 Å². The van der Waals surface area contributed by atoms with Gasteiger partial charge in [0.05, 0.1) is 16.5 Å². The number of halogens is 2. The van der Waals surface area contributed by atoms with E-state index in [4.69, 9.17) is 23.2 Å². The molecule has 0 spiro atoms. The van der Waals surface area contributed by atoms with Gasteiger partial charge in [-0.3, -0.25) is 9.59 Å². The van der Waals surface area contributed by atoms with Crippen LogP contribution >= 0.6 is 23.2 Å². The van der Waals surface area contributed by atoms with Gasteiger partial charge in [-0.15, -0.1) is 0 Å². The van der Waals surface area contributed by atoms with E-state index in [0.29, 0.717) is 23.0 Å². The fourth-order valence-corrected chi connectivity index (χ4v) is 4.39. The molecule has 0 aliphatic heterocycles. The fourth-order valence-electron chi connectivity index (χ4n) is 4.06. The molecule has 31 heavy (non-hydrogen) atoms. The Morgan fingerprint density at radius 1 is 1.00 bits per heavy atom. The first-order valence-electron chi connectivity index (χ1n) is 11.0. The van der Waals surface area contributed by atoms with Gasteiger partial charge in [-0.05, 0) is 49.4 Å². The Balaban J connectivity index is 1.71. The summed E-state index contributed by atoms with van der Waals surface area (Å²) in [6.07, 6.45) is 6.41. The summed E-state index contributed by atoms with van der Waals surface area (Å²) in [5.41, 5.74) is 1.92. The van der Waals surface area contributed by atoms with Gasteiger partial charge in [0.15, 0.2) is 0 Å². The quantitative estimate of drug-likeness (QED) is 0.569. The molecular formula is C25H30Cl2N2O2. The van der Waals surface area contributed by atoms with Gasteiger partial charge in [0.2, 0.25) is 11.8 Å². The summed E-state index contributed by atoms with van der Waals surface area (Å²) in [6.45, 7) is 2.29. The number of carbonyl (C=O) groups is 2. The smallest absolute Gasteiger partial charge is 0.242 e. The van der Waals surface area contributed by atoms with Crippen LogP contribution in [0.4, 0.5) is 0 Å². The highest BCUT2D eigenvalue weighted by molar-refractivity contribution is 6.42. The molecule has 1 aliphatic carbocycles. The van der Waals surface area contributed by atoms with E-state index in [1.807, 2.05) is 37.3 Å². The molecule has 0 bridgehead atoms. The molecule has 6 heteroatoms. The predicted molar refractivity (Wildman–Crippen MR) is 127 cm³/mol. The van der Waals surface area contributed by atoms with Crippen molar-refractivity contribution in [2.45, 2.75) is 64.0 Å². The Morgan fingerprint density at radius 3 is 2.39 bits per heavy atom. The molecule has 1 saturated carbocycles. The van der Waals surface area contributed by atoms with Crippen molar-refractivity contribution in [3.8, 4) is 0 Å². The molecule has 1 aliphatic rings. The van der Waals surface area contributed by atoms with E-state index in [0.717, 1.165) is 36.8 Å². The zero-order valence-electron chi connectivity index (χ0n) is 17.9. The third kappa shape index (κ3) is 6.98. The summed E-state index contributed by atoms with van der Waals surface area (Å²) < 4.78 is 0. The SMILES string of the molecule is CC(C(=O)NC1CCCCC1)N(CCc1ccccc1)C(=O)Cc1ccc(Cl)c(Cl)c1. The maximum Gasteiger partial charge on any atom is 0.242 e.